The lowest BCUT2D eigenvalue weighted by atomic mass is 10.3. The first-order valence-corrected chi connectivity index (χ1v) is 8.10. The van der Waals surface area contributed by atoms with Crippen molar-refractivity contribution in [2.24, 2.45) is 0 Å². The molecule has 2 amide bonds. The number of halogens is 1. The van der Waals surface area contributed by atoms with Crippen molar-refractivity contribution in [1.29, 1.82) is 0 Å². The second-order valence-electron chi connectivity index (χ2n) is 3.71. The van der Waals surface area contributed by atoms with E-state index in [9.17, 15) is 14.4 Å². The number of carbonyl (C=O) groups is 3. The van der Waals surface area contributed by atoms with Gasteiger partial charge in [0.25, 0.3) is 11.1 Å². The highest BCUT2D eigenvalue weighted by Crippen LogP contribution is 2.34. The monoisotopic (exact) mass is 375 g/mol. The van der Waals surface area contributed by atoms with Crippen LogP contribution in [0.3, 0.4) is 0 Å². The Morgan fingerprint density at radius 3 is 2.80 bits per heavy atom. The molecule has 0 atom stereocenters. The van der Waals surface area contributed by atoms with E-state index in [-0.39, 0.29) is 13.2 Å². The van der Waals surface area contributed by atoms with Crippen molar-refractivity contribution in [3.05, 3.63) is 25.7 Å². The van der Waals surface area contributed by atoms with Crippen molar-refractivity contribution in [1.82, 2.24) is 4.90 Å². The Morgan fingerprint density at radius 2 is 2.20 bits per heavy atom. The molecule has 106 valence electrons. The van der Waals surface area contributed by atoms with Crippen LogP contribution in [0, 0.1) is 0 Å². The van der Waals surface area contributed by atoms with Crippen LogP contribution in [0.5, 0.6) is 0 Å². The number of carbonyl (C=O) groups excluding carboxylic acids is 3. The lowest BCUT2D eigenvalue weighted by Gasteiger charge is -2.10. The maximum atomic E-state index is 12.1. The molecule has 20 heavy (non-hydrogen) atoms. The van der Waals surface area contributed by atoms with Crippen molar-refractivity contribution < 1.29 is 19.1 Å². The van der Waals surface area contributed by atoms with Gasteiger partial charge in [0.15, 0.2) is 0 Å². The summed E-state index contributed by atoms with van der Waals surface area (Å²) in [6, 6.07) is 3.70. The summed E-state index contributed by atoms with van der Waals surface area (Å²) in [6.45, 7) is 1.54. The molecule has 0 bridgehead atoms. The van der Waals surface area contributed by atoms with Gasteiger partial charge < -0.3 is 4.74 Å². The minimum atomic E-state index is -0.588. The first-order chi connectivity index (χ1) is 9.51. The normalized spacial score (nSPS) is 17.1. The SMILES string of the molecule is CCOC(=O)CN1C(=O)S/C(=C\c2ccc(Br)s2)C1=O. The molecule has 2 heterocycles. The van der Waals surface area contributed by atoms with Crippen LogP contribution in [0.2, 0.25) is 0 Å². The summed E-state index contributed by atoms with van der Waals surface area (Å²) in [5, 5.41) is -0.454. The third kappa shape index (κ3) is 3.50. The maximum Gasteiger partial charge on any atom is 0.326 e. The van der Waals surface area contributed by atoms with E-state index in [4.69, 9.17) is 4.74 Å². The van der Waals surface area contributed by atoms with Crippen molar-refractivity contribution in [3.8, 4) is 0 Å². The van der Waals surface area contributed by atoms with Crippen LogP contribution in [0.4, 0.5) is 4.79 Å². The molecule has 0 N–H and O–H groups in total. The highest BCUT2D eigenvalue weighted by atomic mass is 79.9. The third-order valence-electron chi connectivity index (χ3n) is 2.33. The first-order valence-electron chi connectivity index (χ1n) is 5.67. The van der Waals surface area contributed by atoms with Crippen molar-refractivity contribution in [3.63, 3.8) is 0 Å². The quantitative estimate of drug-likeness (QED) is 0.597. The molecule has 1 fully saturated rings. The number of thiophene rings is 1. The van der Waals surface area contributed by atoms with E-state index in [2.05, 4.69) is 15.9 Å². The Kier molecular flexibility index (Phi) is 5.00. The van der Waals surface area contributed by atoms with Crippen LogP contribution < -0.4 is 0 Å². The van der Waals surface area contributed by atoms with Crippen molar-refractivity contribution in [2.45, 2.75) is 6.92 Å². The Balaban J connectivity index is 2.12. The van der Waals surface area contributed by atoms with Gasteiger partial charge in [-0.2, -0.15) is 0 Å². The van der Waals surface area contributed by atoms with Crippen LogP contribution in [-0.2, 0) is 14.3 Å². The van der Waals surface area contributed by atoms with E-state index in [0.717, 1.165) is 25.3 Å². The van der Waals surface area contributed by atoms with E-state index in [1.165, 1.54) is 11.3 Å². The molecule has 1 aromatic heterocycles. The molecule has 8 heteroatoms. The molecule has 1 aromatic rings. The number of hydrogen-bond donors (Lipinski definition) is 0. The Labute approximate surface area is 132 Å². The Hall–Kier alpha value is -1.12. The van der Waals surface area contributed by atoms with Crippen molar-refractivity contribution in [2.75, 3.05) is 13.2 Å². The second-order valence-corrected chi connectivity index (χ2v) is 7.20. The lowest BCUT2D eigenvalue weighted by molar-refractivity contribution is -0.145. The van der Waals surface area contributed by atoms with E-state index >= 15 is 0 Å². The molecular formula is C12H10BrNO4S2. The van der Waals surface area contributed by atoms with Gasteiger partial charge in [-0.3, -0.25) is 19.3 Å². The summed E-state index contributed by atoms with van der Waals surface area (Å²) in [6.07, 6.45) is 1.64. The second kappa shape index (κ2) is 6.55. The van der Waals surface area contributed by atoms with Gasteiger partial charge in [-0.05, 0) is 52.8 Å². The largest absolute Gasteiger partial charge is 0.465 e. The first kappa shape index (κ1) is 15.3. The van der Waals surface area contributed by atoms with E-state index < -0.39 is 17.1 Å². The number of nitrogens with zero attached hydrogens (tertiary/aromatic N) is 1. The van der Waals surface area contributed by atoms with E-state index in [0.29, 0.717) is 4.91 Å². The molecule has 1 saturated heterocycles. The number of esters is 1. The molecule has 0 unspecified atom stereocenters. The zero-order chi connectivity index (χ0) is 14.7. The van der Waals surface area contributed by atoms with Crippen LogP contribution in [0.25, 0.3) is 6.08 Å². The molecule has 0 spiro atoms. The van der Waals surface area contributed by atoms with Gasteiger partial charge in [-0.1, -0.05) is 0 Å². The van der Waals surface area contributed by atoms with E-state index in [1.54, 1.807) is 13.0 Å². The molecular weight excluding hydrogens is 366 g/mol. The Bertz CT molecular complexity index is 596. The van der Waals surface area contributed by atoms with Crippen LogP contribution >= 0.6 is 39.0 Å². The lowest BCUT2D eigenvalue weighted by Crippen LogP contribution is -2.34. The minimum absolute atomic E-state index is 0.216. The average molecular weight is 376 g/mol. The summed E-state index contributed by atoms with van der Waals surface area (Å²) in [7, 11) is 0. The molecule has 0 saturated carbocycles. The van der Waals surface area contributed by atoms with Gasteiger partial charge >= 0.3 is 5.97 Å². The fraction of sp³-hybridized carbons (Fsp3) is 0.250. The highest BCUT2D eigenvalue weighted by Gasteiger charge is 2.36. The van der Waals surface area contributed by atoms with Gasteiger partial charge in [0, 0.05) is 4.88 Å². The van der Waals surface area contributed by atoms with E-state index in [1.807, 2.05) is 12.1 Å². The molecule has 0 aliphatic carbocycles. The predicted octanol–water partition coefficient (Wildman–Crippen LogP) is 3.11. The van der Waals surface area contributed by atoms with Gasteiger partial charge in [0.2, 0.25) is 0 Å². The minimum Gasteiger partial charge on any atom is -0.465 e. The number of hydrogen-bond acceptors (Lipinski definition) is 6. The fourth-order valence-corrected chi connectivity index (χ4v) is 3.78. The topological polar surface area (TPSA) is 63.7 Å². The summed E-state index contributed by atoms with van der Waals surface area (Å²) in [5.74, 6) is -1.05. The average Bonchev–Trinajstić information content (AvgIpc) is 2.89. The number of imide groups is 1. The summed E-state index contributed by atoms with van der Waals surface area (Å²) in [4.78, 5) is 37.2. The van der Waals surface area contributed by atoms with Gasteiger partial charge in [-0.25, -0.2) is 0 Å². The maximum absolute atomic E-state index is 12.1. The van der Waals surface area contributed by atoms with Crippen LogP contribution in [-0.4, -0.2) is 35.2 Å². The zero-order valence-electron chi connectivity index (χ0n) is 10.4. The standard InChI is InChI=1S/C12H10BrNO4S2/c1-2-18-10(15)6-14-11(16)8(20-12(14)17)5-7-3-4-9(13)19-7/h3-5H,2,6H2,1H3/b8-5-. The summed E-state index contributed by atoms with van der Waals surface area (Å²) in [5.41, 5.74) is 0. The number of ether oxygens (including phenoxy) is 1. The predicted molar refractivity (Wildman–Crippen MR) is 81.3 cm³/mol. The van der Waals surface area contributed by atoms with Gasteiger partial charge in [-0.15, -0.1) is 11.3 Å². The molecule has 5 nitrogen and oxygen atoms in total. The molecule has 2 rings (SSSR count). The zero-order valence-corrected chi connectivity index (χ0v) is 13.6. The third-order valence-corrected chi connectivity index (χ3v) is 4.81. The number of rotatable bonds is 4. The number of thioether (sulfide) groups is 1. The molecule has 0 aromatic carbocycles. The van der Waals surface area contributed by atoms with Crippen LogP contribution in [0.15, 0.2) is 20.8 Å². The van der Waals surface area contributed by atoms with Crippen LogP contribution in [0.1, 0.15) is 11.8 Å². The summed E-state index contributed by atoms with van der Waals surface area (Å²) >= 11 is 5.61. The van der Waals surface area contributed by atoms with Gasteiger partial charge in [0.1, 0.15) is 6.54 Å². The number of amides is 2. The fourth-order valence-electron chi connectivity index (χ4n) is 1.51. The Morgan fingerprint density at radius 1 is 1.45 bits per heavy atom. The molecule has 1 aliphatic rings. The van der Waals surface area contributed by atoms with Crippen molar-refractivity contribution >= 4 is 62.2 Å². The molecule has 1 aliphatic heterocycles. The van der Waals surface area contributed by atoms with Gasteiger partial charge in [0.05, 0.1) is 15.3 Å². The molecule has 0 radical (unpaired) electrons. The summed E-state index contributed by atoms with van der Waals surface area (Å²) < 4.78 is 5.68. The smallest absolute Gasteiger partial charge is 0.326 e. The highest BCUT2D eigenvalue weighted by molar-refractivity contribution is 9.11.